The number of hydrogen-bond donors (Lipinski definition) is 2. The van der Waals surface area contributed by atoms with Crippen LogP contribution in [0.3, 0.4) is 0 Å². The Morgan fingerprint density at radius 3 is 1.64 bits per heavy atom. The highest BCUT2D eigenvalue weighted by Gasteiger charge is 2.33. The summed E-state index contributed by atoms with van der Waals surface area (Å²) in [6.45, 7) is 9.94. The Hall–Kier alpha value is -0.0800. The second-order valence-corrected chi connectivity index (χ2v) is 4.21. The van der Waals surface area contributed by atoms with Crippen molar-refractivity contribution in [3.8, 4) is 0 Å². The van der Waals surface area contributed by atoms with Gasteiger partial charge in [0, 0.05) is 5.54 Å². The van der Waals surface area contributed by atoms with E-state index in [9.17, 15) is 5.11 Å². The normalized spacial score (nSPS) is 20.5. The standard InChI is InChI=1S/C9H21NO/c1-6(2)8(11)9(5,10)7(3)4/h6-8,11H,10H2,1-5H3. The Kier molecular flexibility index (Phi) is 3.52. The molecule has 0 saturated carbocycles. The highest BCUT2D eigenvalue weighted by Crippen LogP contribution is 2.22. The van der Waals surface area contributed by atoms with Gasteiger partial charge in [-0.1, -0.05) is 27.7 Å². The molecule has 3 N–H and O–H groups in total. The van der Waals surface area contributed by atoms with Gasteiger partial charge in [-0.25, -0.2) is 0 Å². The number of aliphatic hydroxyl groups excluding tert-OH is 1. The fourth-order valence-corrected chi connectivity index (χ4v) is 1.06. The van der Waals surface area contributed by atoms with Gasteiger partial charge in [0.25, 0.3) is 0 Å². The zero-order valence-electron chi connectivity index (χ0n) is 8.26. The fourth-order valence-electron chi connectivity index (χ4n) is 1.06. The second kappa shape index (κ2) is 3.55. The first-order valence-corrected chi connectivity index (χ1v) is 4.27. The molecule has 2 heteroatoms. The molecule has 0 aromatic carbocycles. The van der Waals surface area contributed by atoms with Crippen LogP contribution in [0.1, 0.15) is 34.6 Å². The third-order valence-corrected chi connectivity index (χ3v) is 2.51. The van der Waals surface area contributed by atoms with Gasteiger partial charge in [0.15, 0.2) is 0 Å². The molecule has 0 fully saturated rings. The van der Waals surface area contributed by atoms with E-state index in [1.165, 1.54) is 0 Å². The van der Waals surface area contributed by atoms with Gasteiger partial charge in [-0.05, 0) is 18.8 Å². The summed E-state index contributed by atoms with van der Waals surface area (Å²) in [4.78, 5) is 0. The smallest absolute Gasteiger partial charge is 0.0742 e. The molecule has 0 radical (unpaired) electrons. The first-order valence-electron chi connectivity index (χ1n) is 4.27. The second-order valence-electron chi connectivity index (χ2n) is 4.21. The van der Waals surface area contributed by atoms with Crippen LogP contribution in [0.15, 0.2) is 0 Å². The molecule has 0 aliphatic rings. The maximum Gasteiger partial charge on any atom is 0.0742 e. The minimum atomic E-state index is -0.464. The minimum absolute atomic E-state index is 0.229. The molecule has 0 aliphatic carbocycles. The summed E-state index contributed by atoms with van der Waals surface area (Å²) >= 11 is 0. The average molecular weight is 159 g/mol. The van der Waals surface area contributed by atoms with Crippen molar-refractivity contribution in [3.63, 3.8) is 0 Å². The molecule has 0 heterocycles. The predicted molar refractivity (Wildman–Crippen MR) is 48.3 cm³/mol. The third kappa shape index (κ3) is 2.46. The Labute approximate surface area is 69.8 Å². The zero-order chi connectivity index (χ0) is 9.23. The highest BCUT2D eigenvalue weighted by molar-refractivity contribution is 4.91. The van der Waals surface area contributed by atoms with Crippen LogP contribution in [-0.2, 0) is 0 Å². The Morgan fingerprint density at radius 1 is 1.18 bits per heavy atom. The molecule has 0 spiro atoms. The lowest BCUT2D eigenvalue weighted by Gasteiger charge is -2.36. The van der Waals surface area contributed by atoms with Crippen molar-refractivity contribution in [1.82, 2.24) is 0 Å². The van der Waals surface area contributed by atoms with Crippen molar-refractivity contribution < 1.29 is 5.11 Å². The van der Waals surface area contributed by atoms with Crippen LogP contribution >= 0.6 is 0 Å². The molecule has 2 nitrogen and oxygen atoms in total. The average Bonchev–Trinajstić information content (AvgIpc) is 1.85. The van der Waals surface area contributed by atoms with Crippen molar-refractivity contribution in [2.45, 2.75) is 46.3 Å². The van der Waals surface area contributed by atoms with Gasteiger partial charge in [-0.2, -0.15) is 0 Å². The molecule has 0 aromatic heterocycles. The highest BCUT2D eigenvalue weighted by atomic mass is 16.3. The molecule has 0 aliphatic heterocycles. The van der Waals surface area contributed by atoms with E-state index in [1.807, 2.05) is 34.6 Å². The van der Waals surface area contributed by atoms with Crippen LogP contribution in [0.25, 0.3) is 0 Å². The van der Waals surface area contributed by atoms with Gasteiger partial charge >= 0.3 is 0 Å². The van der Waals surface area contributed by atoms with Crippen LogP contribution in [0, 0.1) is 11.8 Å². The monoisotopic (exact) mass is 159 g/mol. The van der Waals surface area contributed by atoms with Crippen LogP contribution in [0.5, 0.6) is 0 Å². The van der Waals surface area contributed by atoms with Crippen LogP contribution in [-0.4, -0.2) is 16.7 Å². The van der Waals surface area contributed by atoms with Gasteiger partial charge in [0.1, 0.15) is 0 Å². The minimum Gasteiger partial charge on any atom is -0.391 e. The first kappa shape index (κ1) is 10.9. The largest absolute Gasteiger partial charge is 0.391 e. The maximum atomic E-state index is 9.70. The van der Waals surface area contributed by atoms with E-state index in [4.69, 9.17) is 5.73 Å². The van der Waals surface area contributed by atoms with Crippen molar-refractivity contribution in [3.05, 3.63) is 0 Å². The summed E-state index contributed by atoms with van der Waals surface area (Å²) in [5.41, 5.74) is 5.49. The SMILES string of the molecule is CC(C)C(O)C(C)(N)C(C)C. The van der Waals surface area contributed by atoms with E-state index in [2.05, 4.69) is 0 Å². The number of aliphatic hydroxyl groups is 1. The quantitative estimate of drug-likeness (QED) is 0.653. The van der Waals surface area contributed by atoms with E-state index in [1.54, 1.807) is 0 Å². The van der Waals surface area contributed by atoms with Gasteiger partial charge in [-0.3, -0.25) is 0 Å². The Morgan fingerprint density at radius 2 is 1.55 bits per heavy atom. The van der Waals surface area contributed by atoms with Crippen molar-refractivity contribution in [1.29, 1.82) is 0 Å². The summed E-state index contributed by atoms with van der Waals surface area (Å²) in [5, 5.41) is 9.70. The van der Waals surface area contributed by atoms with E-state index in [0.29, 0.717) is 5.92 Å². The summed E-state index contributed by atoms with van der Waals surface area (Å²) < 4.78 is 0. The lowest BCUT2D eigenvalue weighted by Crippen LogP contribution is -2.54. The molecule has 0 bridgehead atoms. The molecule has 68 valence electrons. The van der Waals surface area contributed by atoms with E-state index in [0.717, 1.165) is 0 Å². The molecule has 0 amide bonds. The summed E-state index contributed by atoms with van der Waals surface area (Å²) in [5.74, 6) is 0.535. The molecule has 11 heavy (non-hydrogen) atoms. The molecule has 0 rings (SSSR count). The molecule has 0 aromatic rings. The number of hydrogen-bond acceptors (Lipinski definition) is 2. The lowest BCUT2D eigenvalue weighted by molar-refractivity contribution is 0.0299. The molecule has 2 unspecified atom stereocenters. The molecular formula is C9H21NO. The van der Waals surface area contributed by atoms with E-state index < -0.39 is 11.6 Å². The third-order valence-electron chi connectivity index (χ3n) is 2.51. The Balaban J connectivity index is 4.29. The molecular weight excluding hydrogens is 138 g/mol. The van der Waals surface area contributed by atoms with Gasteiger partial charge in [0.2, 0.25) is 0 Å². The first-order chi connectivity index (χ1) is 4.80. The number of nitrogens with two attached hydrogens (primary N) is 1. The van der Waals surface area contributed by atoms with Gasteiger partial charge < -0.3 is 10.8 Å². The molecule has 0 saturated heterocycles. The zero-order valence-corrected chi connectivity index (χ0v) is 8.26. The maximum absolute atomic E-state index is 9.70. The van der Waals surface area contributed by atoms with Crippen molar-refractivity contribution in [2.24, 2.45) is 17.6 Å². The summed E-state index contributed by atoms with van der Waals surface area (Å²) in [6.07, 6.45) is -0.414. The van der Waals surface area contributed by atoms with E-state index >= 15 is 0 Å². The fraction of sp³-hybridized carbons (Fsp3) is 1.00. The van der Waals surface area contributed by atoms with Crippen molar-refractivity contribution >= 4 is 0 Å². The van der Waals surface area contributed by atoms with Crippen LogP contribution in [0.2, 0.25) is 0 Å². The molecule has 2 atom stereocenters. The van der Waals surface area contributed by atoms with E-state index in [-0.39, 0.29) is 5.92 Å². The topological polar surface area (TPSA) is 46.2 Å². The predicted octanol–water partition coefficient (Wildman–Crippen LogP) is 1.38. The van der Waals surface area contributed by atoms with Gasteiger partial charge in [-0.15, -0.1) is 0 Å². The summed E-state index contributed by atoms with van der Waals surface area (Å²) in [7, 11) is 0. The summed E-state index contributed by atoms with van der Waals surface area (Å²) in [6, 6.07) is 0. The van der Waals surface area contributed by atoms with Crippen LogP contribution in [0.4, 0.5) is 0 Å². The Bertz CT molecular complexity index is 119. The van der Waals surface area contributed by atoms with Gasteiger partial charge in [0.05, 0.1) is 6.10 Å². The lowest BCUT2D eigenvalue weighted by atomic mass is 9.79. The van der Waals surface area contributed by atoms with Crippen molar-refractivity contribution in [2.75, 3.05) is 0 Å². The number of rotatable bonds is 3. The van der Waals surface area contributed by atoms with Crippen LogP contribution < -0.4 is 5.73 Å².